The molecule has 0 aliphatic carbocycles. The van der Waals surface area contributed by atoms with E-state index in [-0.39, 0.29) is 31.1 Å². The van der Waals surface area contributed by atoms with Crippen LogP contribution in [0.15, 0.2) is 109 Å². The van der Waals surface area contributed by atoms with Crippen LogP contribution in [-0.2, 0) is 63.0 Å². The molecule has 28 nitrogen and oxygen atoms in total. The number of hydrogen-bond donors (Lipinski definition) is 3. The molecule has 8 heterocycles. The van der Waals surface area contributed by atoms with E-state index >= 15 is 0 Å². The lowest BCUT2D eigenvalue weighted by Crippen LogP contribution is -2.24. The van der Waals surface area contributed by atoms with Crippen molar-refractivity contribution in [1.82, 2.24) is 64.3 Å². The molecule has 3 aromatic carbocycles. The van der Waals surface area contributed by atoms with E-state index in [0.29, 0.717) is 104 Å². The van der Waals surface area contributed by atoms with Gasteiger partial charge in [0, 0.05) is 59.7 Å². The van der Waals surface area contributed by atoms with Crippen LogP contribution in [0.25, 0.3) is 43.6 Å². The molecule has 2 fully saturated rings. The maximum Gasteiger partial charge on any atom is 0.356 e. The number of rotatable bonds is 22. The summed E-state index contributed by atoms with van der Waals surface area (Å²) in [6.07, 6.45) is 18.6. The number of nitrogen functional groups attached to an aromatic ring is 1. The van der Waals surface area contributed by atoms with Gasteiger partial charge >= 0.3 is 5.97 Å². The maximum absolute atomic E-state index is 11.4. The predicted molar refractivity (Wildman–Crippen MR) is 320 cm³/mol. The highest BCUT2D eigenvalue weighted by Gasteiger charge is 2.19. The van der Waals surface area contributed by atoms with Gasteiger partial charge in [0.05, 0.1) is 92.9 Å². The smallest absolute Gasteiger partial charge is 0.356 e. The number of para-hydroxylation sites is 2. The average Bonchev–Trinajstić information content (AvgIpc) is 2.15. The zero-order valence-corrected chi connectivity index (χ0v) is 48.9. The number of nitrogens with two attached hydrogens (primary N) is 1. The Hall–Kier alpha value is -9.75. The lowest BCUT2D eigenvalue weighted by atomic mass is 10.1. The van der Waals surface area contributed by atoms with Crippen LogP contribution in [0.1, 0.15) is 71.7 Å². The fourth-order valence-corrected chi connectivity index (χ4v) is 9.16. The summed E-state index contributed by atoms with van der Waals surface area (Å²) >= 11 is 0. The van der Waals surface area contributed by atoms with Crippen LogP contribution in [0.4, 0.5) is 11.9 Å². The van der Waals surface area contributed by atoms with Gasteiger partial charge in [-0.2, -0.15) is 15.3 Å². The molecule has 2 unspecified atom stereocenters. The van der Waals surface area contributed by atoms with Crippen molar-refractivity contribution >= 4 is 39.7 Å². The number of esters is 1. The van der Waals surface area contributed by atoms with E-state index in [9.17, 15) is 4.79 Å². The Morgan fingerprint density at radius 1 is 0.770 bits per heavy atom. The van der Waals surface area contributed by atoms with E-state index in [1.165, 1.54) is 7.11 Å². The van der Waals surface area contributed by atoms with Crippen molar-refractivity contribution in [3.8, 4) is 41.0 Å². The van der Waals surface area contributed by atoms with Crippen molar-refractivity contribution in [1.29, 1.82) is 0 Å². The third-order valence-electron chi connectivity index (χ3n) is 13.5. The topological polar surface area (TPSA) is 334 Å². The molecule has 0 amide bonds. The Balaban J connectivity index is 0.000000153. The fourth-order valence-electron chi connectivity index (χ4n) is 9.16. The van der Waals surface area contributed by atoms with Gasteiger partial charge in [-0.25, -0.2) is 29.4 Å². The number of anilines is 2. The highest BCUT2D eigenvalue weighted by molar-refractivity contribution is 5.95. The zero-order valence-electron chi connectivity index (χ0n) is 48.9. The van der Waals surface area contributed by atoms with Crippen LogP contribution in [0.2, 0.25) is 0 Å². The summed E-state index contributed by atoms with van der Waals surface area (Å²) in [4.78, 5) is 31.7. The number of carbonyl (C=O) groups excluding carboxylic acids is 1. The first-order chi connectivity index (χ1) is 42.6. The maximum atomic E-state index is 11.4. The number of methoxy groups -OCH3 is 4. The number of hydrogen-bond acceptors (Lipinski definition) is 22. The van der Waals surface area contributed by atoms with Crippen LogP contribution in [0, 0.1) is 12.3 Å². The Bertz CT molecular complexity index is 3690. The Morgan fingerprint density at radius 2 is 1.40 bits per heavy atom. The standard InChI is InChI=1S/C19H17N3O2.C17H18N8O2.C12H18N2O4.C11H17N5O2/c1-4-16-15-6-5-7-17(24-3)18(15)22-19(21-16)20-12-13-8-10-14(23-2)11-9-13;1-27-14-4-2-3-12-15(20-17(18)21-16(12)14)13-10-24(23-22-13)9-11-5-6-19-25(11)7-8-26;1-16-12(15)10-5-6-13-14(10)7-9-18-11-4-2-3-8-17-11;12-15-13-9-10-4-5-14-16(10)6-8-18-11-3-1-2-7-17-11/h1,5-11H,12H2,2-3H3,(H,20,21,22);2-6,10,26H,7-9H2,1H3,(H2,18,20,21);5-6,11H,2-4,7-9H2,1H3;4-5,11H,1-3,6-9H2. The molecule has 87 heavy (non-hydrogen) atoms. The molecule has 0 radical (unpaired) electrons. The molecule has 2 aliphatic rings. The summed E-state index contributed by atoms with van der Waals surface area (Å²) < 4.78 is 49.5. The van der Waals surface area contributed by atoms with Gasteiger partial charge in [0.1, 0.15) is 51.1 Å². The Kier molecular flexibility index (Phi) is 24.1. The molecule has 0 spiro atoms. The predicted octanol–water partition coefficient (Wildman–Crippen LogP) is 7.41. The largest absolute Gasteiger partial charge is 0.497 e. The van der Waals surface area contributed by atoms with Crippen molar-refractivity contribution in [3.05, 3.63) is 142 Å². The number of ether oxygens (including phenoxy) is 8. The number of benzene rings is 3. The Morgan fingerprint density at radius 3 is 2.02 bits per heavy atom. The van der Waals surface area contributed by atoms with Crippen molar-refractivity contribution in [3.63, 3.8) is 0 Å². The minimum absolute atomic E-state index is 0.0192. The summed E-state index contributed by atoms with van der Waals surface area (Å²) in [6.45, 7) is 5.53. The number of terminal acetylenes is 1. The van der Waals surface area contributed by atoms with Crippen molar-refractivity contribution in [2.24, 2.45) is 5.11 Å². The van der Waals surface area contributed by atoms with Gasteiger partial charge in [-0.15, -0.1) is 11.5 Å². The average molecular weight is 1190 g/mol. The van der Waals surface area contributed by atoms with Gasteiger partial charge in [-0.05, 0) is 104 Å². The van der Waals surface area contributed by atoms with Gasteiger partial charge in [0.2, 0.25) is 11.9 Å². The summed E-state index contributed by atoms with van der Waals surface area (Å²) in [5.41, 5.74) is 20.5. The van der Waals surface area contributed by atoms with Crippen LogP contribution < -0.4 is 25.3 Å². The molecule has 6 aromatic heterocycles. The number of nitrogens with zero attached hydrogens (tertiary/aromatic N) is 16. The number of aliphatic hydroxyl groups excluding tert-OH is 1. The van der Waals surface area contributed by atoms with E-state index in [0.717, 1.165) is 85.2 Å². The fraction of sp³-hybridized carbons (Fsp3) is 0.390. The second-order valence-corrected chi connectivity index (χ2v) is 19.2. The highest BCUT2D eigenvalue weighted by Crippen LogP contribution is 2.31. The molecular formula is C59H70N18O10. The van der Waals surface area contributed by atoms with E-state index in [1.54, 1.807) is 70.9 Å². The monoisotopic (exact) mass is 1190 g/mol. The normalized spacial score (nSPS) is 14.4. The quantitative estimate of drug-likeness (QED) is 0.0195. The van der Waals surface area contributed by atoms with Gasteiger partial charge < -0.3 is 54.1 Å². The lowest BCUT2D eigenvalue weighted by molar-refractivity contribution is -0.164. The summed E-state index contributed by atoms with van der Waals surface area (Å²) in [6, 6.07) is 24.3. The first kappa shape index (κ1) is 63.3. The number of aliphatic hydroxyl groups is 1. The number of aromatic nitrogens is 13. The molecule has 0 bridgehead atoms. The third-order valence-corrected chi connectivity index (χ3v) is 13.5. The molecule has 2 saturated heterocycles. The minimum Gasteiger partial charge on any atom is -0.497 e. The van der Waals surface area contributed by atoms with Crippen LogP contribution in [-0.4, -0.2) is 149 Å². The number of fused-ring (bicyclic) bond motifs is 2. The Labute approximate surface area is 501 Å². The third kappa shape index (κ3) is 17.9. The molecule has 0 saturated carbocycles. The van der Waals surface area contributed by atoms with Crippen molar-refractivity contribution in [2.45, 2.75) is 90.4 Å². The number of azide groups is 1. The van der Waals surface area contributed by atoms with E-state index in [4.69, 9.17) is 56.0 Å². The van der Waals surface area contributed by atoms with Crippen molar-refractivity contribution in [2.75, 3.05) is 72.5 Å². The SMILES string of the molecule is C#Cc1nc(NCc2ccc(OC)cc2)nc2c(OC)cccc12.COC(=O)c1ccnn1CCOC1CCCCO1.COc1cccc2c(-c3cn(Cc4ccnn4CCO)nn3)nc(N)nc12.[N-]=[N+]=NCc1ccnn1CCOC1CCCCO1. The molecular weight excluding hydrogens is 1120 g/mol. The molecule has 4 N–H and O–H groups in total. The van der Waals surface area contributed by atoms with Gasteiger partial charge in [0.15, 0.2) is 12.6 Å². The summed E-state index contributed by atoms with van der Waals surface area (Å²) in [7, 11) is 6.19. The molecule has 11 rings (SSSR count). The molecule has 2 atom stereocenters. The van der Waals surface area contributed by atoms with Gasteiger partial charge in [-0.1, -0.05) is 40.7 Å². The van der Waals surface area contributed by atoms with Gasteiger partial charge in [0.25, 0.3) is 0 Å². The van der Waals surface area contributed by atoms with E-state index < -0.39 is 0 Å². The molecule has 456 valence electrons. The number of carbonyl (C=O) groups is 1. The second-order valence-electron chi connectivity index (χ2n) is 19.2. The zero-order chi connectivity index (χ0) is 61.2. The summed E-state index contributed by atoms with van der Waals surface area (Å²) in [5.74, 6) is 4.93. The van der Waals surface area contributed by atoms with Crippen LogP contribution in [0.5, 0.6) is 17.2 Å². The molecule has 28 heteroatoms. The first-order valence-electron chi connectivity index (χ1n) is 28.0. The minimum atomic E-state index is -0.388. The van der Waals surface area contributed by atoms with Crippen LogP contribution in [0.3, 0.4) is 0 Å². The van der Waals surface area contributed by atoms with Crippen LogP contribution >= 0.6 is 0 Å². The van der Waals surface area contributed by atoms with Crippen molar-refractivity contribution < 1.29 is 47.8 Å². The second kappa shape index (κ2) is 33.1. The summed E-state index contributed by atoms with van der Waals surface area (Å²) in [5, 5.41) is 38.2. The molecule has 9 aromatic rings. The van der Waals surface area contributed by atoms with Gasteiger partial charge in [-0.3, -0.25) is 14.0 Å². The lowest BCUT2D eigenvalue weighted by Gasteiger charge is -2.22. The van der Waals surface area contributed by atoms with E-state index in [1.807, 2.05) is 72.8 Å². The number of nitrogens with one attached hydrogen (secondary N) is 1. The first-order valence-corrected chi connectivity index (χ1v) is 28.0. The van der Waals surface area contributed by atoms with E-state index in [2.05, 4.69) is 71.5 Å². The highest BCUT2D eigenvalue weighted by atomic mass is 16.7. The molecule has 2 aliphatic heterocycles.